The van der Waals surface area contributed by atoms with E-state index in [4.69, 9.17) is 0 Å². The van der Waals surface area contributed by atoms with Gasteiger partial charge < -0.3 is 9.13 Å². The van der Waals surface area contributed by atoms with Crippen molar-refractivity contribution in [3.8, 4) is 33.6 Å². The molecule has 0 N–H and O–H groups in total. The molecule has 0 amide bonds. The van der Waals surface area contributed by atoms with Gasteiger partial charge in [0.15, 0.2) is 0 Å². The van der Waals surface area contributed by atoms with Crippen molar-refractivity contribution in [1.82, 2.24) is 19.1 Å². The van der Waals surface area contributed by atoms with Crippen molar-refractivity contribution in [2.75, 3.05) is 0 Å². The molecule has 4 heteroatoms. The normalized spacial score (nSPS) is 11.6. The molecule has 10 rings (SSSR count). The number of hydrogen-bond donors (Lipinski definition) is 0. The summed E-state index contributed by atoms with van der Waals surface area (Å²) in [7, 11) is 0. The van der Waals surface area contributed by atoms with Crippen LogP contribution in [0.2, 0.25) is 0 Å². The van der Waals surface area contributed by atoms with E-state index < -0.39 is 0 Å². The Balaban J connectivity index is 0.853. The Morgan fingerprint density at radius 1 is 0.333 bits per heavy atom. The fraction of sp³-hybridized carbons (Fsp3) is 0.0213. The second kappa shape index (κ2) is 12.0. The fourth-order valence-corrected chi connectivity index (χ4v) is 7.66. The van der Waals surface area contributed by atoms with Gasteiger partial charge >= 0.3 is 0 Å². The highest BCUT2D eigenvalue weighted by Crippen LogP contribution is 2.34. The van der Waals surface area contributed by atoms with Gasteiger partial charge in [0.1, 0.15) is 0 Å². The first-order valence-corrected chi connectivity index (χ1v) is 17.3. The number of benzene rings is 6. The van der Waals surface area contributed by atoms with E-state index in [1.165, 1.54) is 60.9 Å². The summed E-state index contributed by atoms with van der Waals surface area (Å²) >= 11 is 0. The molecular formula is C47H32N4. The van der Waals surface area contributed by atoms with Crippen molar-refractivity contribution in [2.24, 2.45) is 0 Å². The standard InChI is InChI=1S/C47H32N4/c1-3-7-44-40(5-1)41-6-2-4-8-45(41)50(44)38-21-17-36(18-22-38)34-13-9-32(10-14-34)29-33-11-15-35(16-12-33)37-19-23-39(24-20-37)51-46-25-27-48-30-42(46)43-31-49-28-26-47(43)51/h1-28,30-31H,29H2. The largest absolute Gasteiger partial charge is 0.309 e. The van der Waals surface area contributed by atoms with Gasteiger partial charge in [-0.2, -0.15) is 0 Å². The van der Waals surface area contributed by atoms with Gasteiger partial charge in [-0.3, -0.25) is 9.97 Å². The van der Waals surface area contributed by atoms with Crippen LogP contribution in [-0.2, 0) is 6.42 Å². The van der Waals surface area contributed by atoms with Crippen LogP contribution in [0.5, 0.6) is 0 Å². The monoisotopic (exact) mass is 652 g/mol. The zero-order valence-electron chi connectivity index (χ0n) is 27.8. The third-order valence-corrected chi connectivity index (χ3v) is 10.2. The molecule has 4 aromatic heterocycles. The smallest absolute Gasteiger partial charge is 0.0572 e. The van der Waals surface area contributed by atoms with Gasteiger partial charge in [0.05, 0.1) is 22.1 Å². The van der Waals surface area contributed by atoms with E-state index in [2.05, 4.69) is 177 Å². The van der Waals surface area contributed by atoms with Crippen molar-refractivity contribution >= 4 is 43.6 Å². The average Bonchev–Trinajstić information content (AvgIpc) is 3.72. The van der Waals surface area contributed by atoms with Crippen LogP contribution in [0.4, 0.5) is 0 Å². The highest BCUT2D eigenvalue weighted by molar-refractivity contribution is 6.09. The molecule has 0 atom stereocenters. The van der Waals surface area contributed by atoms with E-state index in [1.807, 2.05) is 24.8 Å². The quantitative estimate of drug-likeness (QED) is 0.179. The lowest BCUT2D eigenvalue weighted by Crippen LogP contribution is -1.94. The van der Waals surface area contributed by atoms with Crippen molar-refractivity contribution in [2.45, 2.75) is 6.42 Å². The highest BCUT2D eigenvalue weighted by Gasteiger charge is 2.13. The summed E-state index contributed by atoms with van der Waals surface area (Å²) in [6.45, 7) is 0. The summed E-state index contributed by atoms with van der Waals surface area (Å²) in [5.41, 5.74) is 14.5. The van der Waals surface area contributed by atoms with Crippen molar-refractivity contribution in [1.29, 1.82) is 0 Å². The molecule has 4 nitrogen and oxygen atoms in total. The van der Waals surface area contributed by atoms with Crippen LogP contribution in [0.1, 0.15) is 11.1 Å². The highest BCUT2D eigenvalue weighted by atomic mass is 15.0. The molecule has 0 unspecified atom stereocenters. The third kappa shape index (κ3) is 5.00. The molecule has 0 fully saturated rings. The van der Waals surface area contributed by atoms with Crippen molar-refractivity contribution in [3.63, 3.8) is 0 Å². The molecule has 6 aromatic carbocycles. The predicted molar refractivity (Wildman–Crippen MR) is 211 cm³/mol. The van der Waals surface area contributed by atoms with Crippen molar-refractivity contribution in [3.05, 3.63) is 194 Å². The number of para-hydroxylation sites is 2. The lowest BCUT2D eigenvalue weighted by molar-refractivity contribution is 1.17. The summed E-state index contributed by atoms with van der Waals surface area (Å²) in [5, 5.41) is 4.79. The van der Waals surface area contributed by atoms with Gasteiger partial charge in [0.2, 0.25) is 0 Å². The Hall–Kier alpha value is -6.78. The molecule has 0 radical (unpaired) electrons. The number of pyridine rings is 2. The van der Waals surface area contributed by atoms with E-state index in [0.717, 1.165) is 33.9 Å². The van der Waals surface area contributed by atoms with E-state index in [-0.39, 0.29) is 0 Å². The van der Waals surface area contributed by atoms with Crippen LogP contribution in [0.25, 0.3) is 77.2 Å². The summed E-state index contributed by atoms with van der Waals surface area (Å²) in [6, 6.07) is 57.1. The minimum atomic E-state index is 0.893. The summed E-state index contributed by atoms with van der Waals surface area (Å²) in [4.78, 5) is 8.71. The number of rotatable bonds is 6. The number of aromatic nitrogens is 4. The Morgan fingerprint density at radius 3 is 1.10 bits per heavy atom. The second-order valence-electron chi connectivity index (χ2n) is 13.2. The van der Waals surface area contributed by atoms with E-state index in [0.29, 0.717) is 0 Å². The zero-order chi connectivity index (χ0) is 33.7. The van der Waals surface area contributed by atoms with Gasteiger partial charge in [-0.25, -0.2) is 0 Å². The van der Waals surface area contributed by atoms with Gasteiger partial charge in [-0.1, -0.05) is 109 Å². The molecule has 0 saturated carbocycles. The summed E-state index contributed by atoms with van der Waals surface area (Å²) < 4.78 is 4.65. The second-order valence-corrected chi connectivity index (χ2v) is 13.2. The lowest BCUT2D eigenvalue weighted by Gasteiger charge is -2.10. The van der Waals surface area contributed by atoms with Crippen LogP contribution in [-0.4, -0.2) is 19.1 Å². The van der Waals surface area contributed by atoms with Gasteiger partial charge in [-0.15, -0.1) is 0 Å². The maximum Gasteiger partial charge on any atom is 0.0572 e. The zero-order valence-corrected chi connectivity index (χ0v) is 27.8. The molecule has 0 aliphatic rings. The minimum absolute atomic E-state index is 0.893. The van der Waals surface area contributed by atoms with E-state index in [9.17, 15) is 0 Å². The Kier molecular flexibility index (Phi) is 6.85. The maximum atomic E-state index is 4.36. The average molecular weight is 653 g/mol. The molecular weight excluding hydrogens is 621 g/mol. The predicted octanol–water partition coefficient (Wildman–Crippen LogP) is 11.6. The molecule has 10 aromatic rings. The minimum Gasteiger partial charge on any atom is -0.309 e. The van der Waals surface area contributed by atoms with E-state index in [1.54, 1.807) is 0 Å². The Bertz CT molecular complexity index is 2540. The molecule has 240 valence electrons. The third-order valence-electron chi connectivity index (χ3n) is 10.2. The van der Waals surface area contributed by atoms with E-state index >= 15 is 0 Å². The lowest BCUT2D eigenvalue weighted by atomic mass is 9.98. The SMILES string of the molecule is c1ccc2c(c1)c1ccccc1n2-c1ccc(-c2ccc(Cc3ccc(-c4ccc(-n5c6ccncc6c6cnccc65)cc4)cc3)cc2)cc1. The van der Waals surface area contributed by atoms with Gasteiger partial charge in [0, 0.05) is 57.7 Å². The Morgan fingerprint density at radius 2 is 0.686 bits per heavy atom. The summed E-state index contributed by atoms with van der Waals surface area (Å²) in [6.07, 6.45) is 8.44. The topological polar surface area (TPSA) is 35.6 Å². The molecule has 51 heavy (non-hydrogen) atoms. The molecule has 4 heterocycles. The van der Waals surface area contributed by atoms with Crippen LogP contribution in [0.15, 0.2) is 183 Å². The summed E-state index contributed by atoms with van der Waals surface area (Å²) in [5.74, 6) is 0. The first kappa shape index (κ1) is 29.2. The number of hydrogen-bond acceptors (Lipinski definition) is 2. The molecule has 0 aliphatic heterocycles. The molecule has 0 saturated heterocycles. The Labute approximate surface area is 295 Å². The molecule has 0 spiro atoms. The van der Waals surface area contributed by atoms with Crippen LogP contribution in [0, 0.1) is 0 Å². The van der Waals surface area contributed by atoms with Crippen LogP contribution < -0.4 is 0 Å². The number of fused-ring (bicyclic) bond motifs is 6. The van der Waals surface area contributed by atoms with Crippen LogP contribution >= 0.6 is 0 Å². The van der Waals surface area contributed by atoms with Gasteiger partial charge in [0.25, 0.3) is 0 Å². The molecule has 0 bridgehead atoms. The fourth-order valence-electron chi connectivity index (χ4n) is 7.66. The maximum absolute atomic E-state index is 4.36. The number of nitrogens with zero attached hydrogens (tertiary/aromatic N) is 4. The van der Waals surface area contributed by atoms with Crippen molar-refractivity contribution < 1.29 is 0 Å². The molecule has 0 aliphatic carbocycles. The van der Waals surface area contributed by atoms with Crippen LogP contribution in [0.3, 0.4) is 0 Å². The van der Waals surface area contributed by atoms with Gasteiger partial charge in [-0.05, 0) is 88.3 Å². The first-order valence-electron chi connectivity index (χ1n) is 17.3. The first-order chi connectivity index (χ1) is 25.3.